The summed E-state index contributed by atoms with van der Waals surface area (Å²) in [6.45, 7) is 0. The van der Waals surface area contributed by atoms with Crippen LogP contribution in [0.4, 0.5) is 0 Å². The first kappa shape index (κ1) is 10.7. The van der Waals surface area contributed by atoms with Gasteiger partial charge >= 0.3 is 0 Å². The standard InChI is InChI=1S/C16H17NS/c1-2-5-13(6-3-1)16(9-4-10-16)15-17-14(11-18-15)12-7-8-12/h1-3,5-6,11-12H,4,7-10H2. The van der Waals surface area contributed by atoms with Gasteiger partial charge in [0.05, 0.1) is 5.69 Å². The second-order valence-electron chi connectivity index (χ2n) is 5.65. The molecule has 0 bridgehead atoms. The average molecular weight is 255 g/mol. The molecule has 0 atom stereocenters. The quantitative estimate of drug-likeness (QED) is 0.787. The van der Waals surface area contributed by atoms with Gasteiger partial charge in [0.25, 0.3) is 0 Å². The molecule has 2 fully saturated rings. The second-order valence-corrected chi connectivity index (χ2v) is 6.51. The summed E-state index contributed by atoms with van der Waals surface area (Å²) in [6.07, 6.45) is 6.58. The lowest BCUT2D eigenvalue weighted by atomic mass is 9.65. The lowest BCUT2D eigenvalue weighted by molar-refractivity contribution is 0.300. The molecule has 18 heavy (non-hydrogen) atoms. The minimum Gasteiger partial charge on any atom is -0.245 e. The first-order chi connectivity index (χ1) is 8.88. The third-order valence-electron chi connectivity index (χ3n) is 4.46. The van der Waals surface area contributed by atoms with Gasteiger partial charge in [-0.1, -0.05) is 36.8 Å². The van der Waals surface area contributed by atoms with E-state index >= 15 is 0 Å². The second kappa shape index (κ2) is 3.92. The molecule has 2 heteroatoms. The van der Waals surface area contributed by atoms with E-state index in [4.69, 9.17) is 4.98 Å². The molecule has 1 heterocycles. The van der Waals surface area contributed by atoms with Gasteiger partial charge in [-0.05, 0) is 31.2 Å². The van der Waals surface area contributed by atoms with E-state index in [1.807, 2.05) is 11.3 Å². The van der Waals surface area contributed by atoms with E-state index in [0.29, 0.717) is 0 Å². The number of rotatable bonds is 3. The number of hydrogen-bond acceptors (Lipinski definition) is 2. The van der Waals surface area contributed by atoms with Crippen molar-refractivity contribution < 1.29 is 0 Å². The van der Waals surface area contributed by atoms with Crippen molar-refractivity contribution in [2.45, 2.75) is 43.4 Å². The van der Waals surface area contributed by atoms with Crippen LogP contribution in [0.3, 0.4) is 0 Å². The molecule has 1 nitrogen and oxygen atoms in total. The molecule has 2 saturated carbocycles. The molecule has 0 spiro atoms. The molecule has 0 unspecified atom stereocenters. The molecule has 1 aromatic carbocycles. The smallest absolute Gasteiger partial charge is 0.103 e. The van der Waals surface area contributed by atoms with E-state index in [1.165, 1.54) is 48.4 Å². The number of thiazole rings is 1. The molecule has 92 valence electrons. The third-order valence-corrected chi connectivity index (χ3v) is 5.53. The summed E-state index contributed by atoms with van der Waals surface area (Å²) in [4.78, 5) is 4.96. The van der Waals surface area contributed by atoms with E-state index in [1.54, 1.807) is 0 Å². The molecule has 1 aromatic heterocycles. The van der Waals surface area contributed by atoms with Crippen LogP contribution in [0.2, 0.25) is 0 Å². The number of nitrogens with zero attached hydrogens (tertiary/aromatic N) is 1. The van der Waals surface area contributed by atoms with E-state index in [2.05, 4.69) is 35.7 Å². The van der Waals surface area contributed by atoms with Crippen LogP contribution in [0.15, 0.2) is 35.7 Å². The van der Waals surface area contributed by atoms with Crippen molar-refractivity contribution in [1.29, 1.82) is 0 Å². The van der Waals surface area contributed by atoms with Crippen LogP contribution >= 0.6 is 11.3 Å². The third kappa shape index (κ3) is 1.55. The SMILES string of the molecule is c1ccc(C2(c3nc(C4CC4)cs3)CCC2)cc1. The van der Waals surface area contributed by atoms with Crippen LogP contribution in [0.1, 0.15) is 54.3 Å². The Bertz CT molecular complexity index is 549. The Hall–Kier alpha value is -1.15. The Kier molecular flexibility index (Phi) is 2.34. The minimum atomic E-state index is 0.249. The number of hydrogen-bond donors (Lipinski definition) is 0. The van der Waals surface area contributed by atoms with Gasteiger partial charge in [0.1, 0.15) is 5.01 Å². The fourth-order valence-electron chi connectivity index (χ4n) is 2.99. The fraction of sp³-hybridized carbons (Fsp3) is 0.438. The summed E-state index contributed by atoms with van der Waals surface area (Å²) in [5, 5.41) is 3.66. The zero-order valence-electron chi connectivity index (χ0n) is 10.4. The summed E-state index contributed by atoms with van der Waals surface area (Å²) in [5.74, 6) is 0.780. The summed E-state index contributed by atoms with van der Waals surface area (Å²) in [7, 11) is 0. The van der Waals surface area contributed by atoms with Gasteiger partial charge in [0, 0.05) is 16.7 Å². The predicted octanol–water partition coefficient (Wildman–Crippen LogP) is 4.49. The molecule has 0 radical (unpaired) electrons. The number of benzene rings is 1. The maximum absolute atomic E-state index is 4.96. The largest absolute Gasteiger partial charge is 0.245 e. The van der Waals surface area contributed by atoms with E-state index in [9.17, 15) is 0 Å². The average Bonchev–Trinajstić information content (AvgIpc) is 3.10. The van der Waals surface area contributed by atoms with Gasteiger partial charge < -0.3 is 0 Å². The van der Waals surface area contributed by atoms with Gasteiger partial charge in [0.2, 0.25) is 0 Å². The Morgan fingerprint density at radius 3 is 2.50 bits per heavy atom. The Morgan fingerprint density at radius 2 is 1.89 bits per heavy atom. The van der Waals surface area contributed by atoms with Crippen molar-refractivity contribution in [3.8, 4) is 0 Å². The van der Waals surface area contributed by atoms with Gasteiger partial charge in [0.15, 0.2) is 0 Å². The molecule has 0 saturated heterocycles. The monoisotopic (exact) mass is 255 g/mol. The molecule has 0 aliphatic heterocycles. The highest BCUT2D eigenvalue weighted by Gasteiger charge is 2.43. The van der Waals surface area contributed by atoms with E-state index in [-0.39, 0.29) is 5.41 Å². The highest BCUT2D eigenvalue weighted by Crippen LogP contribution is 2.51. The van der Waals surface area contributed by atoms with Crippen LogP contribution < -0.4 is 0 Å². The van der Waals surface area contributed by atoms with Crippen LogP contribution in [-0.2, 0) is 5.41 Å². The van der Waals surface area contributed by atoms with Gasteiger partial charge in [-0.25, -0.2) is 4.98 Å². The Morgan fingerprint density at radius 1 is 1.11 bits per heavy atom. The first-order valence-electron chi connectivity index (χ1n) is 6.90. The summed E-state index contributed by atoms with van der Waals surface area (Å²) >= 11 is 1.88. The van der Waals surface area contributed by atoms with Gasteiger partial charge in [-0.3, -0.25) is 0 Å². The van der Waals surface area contributed by atoms with Crippen LogP contribution in [0.25, 0.3) is 0 Å². The van der Waals surface area contributed by atoms with E-state index in [0.717, 1.165) is 5.92 Å². The van der Waals surface area contributed by atoms with Crippen molar-refractivity contribution in [1.82, 2.24) is 4.98 Å². The first-order valence-corrected chi connectivity index (χ1v) is 7.78. The predicted molar refractivity (Wildman–Crippen MR) is 75.2 cm³/mol. The summed E-state index contributed by atoms with van der Waals surface area (Å²) in [5.41, 5.74) is 3.07. The molecule has 2 aliphatic carbocycles. The summed E-state index contributed by atoms with van der Waals surface area (Å²) < 4.78 is 0. The zero-order chi connectivity index (χ0) is 12.0. The normalized spacial score (nSPS) is 21.6. The highest BCUT2D eigenvalue weighted by molar-refractivity contribution is 7.09. The van der Waals surface area contributed by atoms with Gasteiger partial charge in [-0.2, -0.15) is 0 Å². The minimum absolute atomic E-state index is 0.249. The molecule has 2 aromatic rings. The van der Waals surface area contributed by atoms with Crippen LogP contribution in [-0.4, -0.2) is 4.98 Å². The fourth-order valence-corrected chi connectivity index (χ4v) is 4.17. The maximum atomic E-state index is 4.96. The molecule has 0 amide bonds. The molecule has 2 aliphatic rings. The Balaban J connectivity index is 1.74. The molecule has 0 N–H and O–H groups in total. The van der Waals surface area contributed by atoms with E-state index < -0.39 is 0 Å². The highest BCUT2D eigenvalue weighted by atomic mass is 32.1. The topological polar surface area (TPSA) is 12.9 Å². The van der Waals surface area contributed by atoms with Crippen molar-refractivity contribution in [3.05, 3.63) is 52.0 Å². The van der Waals surface area contributed by atoms with Crippen LogP contribution in [0, 0.1) is 0 Å². The Labute approximate surface area is 112 Å². The molecular weight excluding hydrogens is 238 g/mol. The lowest BCUT2D eigenvalue weighted by Gasteiger charge is -2.40. The maximum Gasteiger partial charge on any atom is 0.103 e. The van der Waals surface area contributed by atoms with Crippen molar-refractivity contribution in [2.24, 2.45) is 0 Å². The van der Waals surface area contributed by atoms with Crippen LogP contribution in [0.5, 0.6) is 0 Å². The molecule has 4 rings (SSSR count). The van der Waals surface area contributed by atoms with Gasteiger partial charge in [-0.15, -0.1) is 11.3 Å². The van der Waals surface area contributed by atoms with Crippen molar-refractivity contribution in [2.75, 3.05) is 0 Å². The lowest BCUT2D eigenvalue weighted by Crippen LogP contribution is -2.35. The summed E-state index contributed by atoms with van der Waals surface area (Å²) in [6, 6.07) is 11.0. The van der Waals surface area contributed by atoms with Crippen molar-refractivity contribution in [3.63, 3.8) is 0 Å². The zero-order valence-corrected chi connectivity index (χ0v) is 11.2. The van der Waals surface area contributed by atoms with Crippen molar-refractivity contribution >= 4 is 11.3 Å². The number of aromatic nitrogens is 1. The molecular formula is C16H17NS.